The molecule has 2 aliphatic carbocycles. The summed E-state index contributed by atoms with van der Waals surface area (Å²) in [6.07, 6.45) is 7.23. The number of benzene rings is 1. The molecule has 4 unspecified atom stereocenters. The van der Waals surface area contributed by atoms with Crippen LogP contribution in [0.25, 0.3) is 0 Å². The molecule has 3 rings (SSSR count). The number of non-ortho nitro benzene ring substituents is 1. The Morgan fingerprint density at radius 3 is 2.75 bits per heavy atom. The summed E-state index contributed by atoms with van der Waals surface area (Å²) < 4.78 is 0.747. The van der Waals surface area contributed by atoms with Gasteiger partial charge in [-0.3, -0.25) is 10.1 Å². The summed E-state index contributed by atoms with van der Waals surface area (Å²) in [7, 11) is 0. The molecule has 0 heterocycles. The van der Waals surface area contributed by atoms with Gasteiger partial charge in [0.05, 0.1) is 4.92 Å². The van der Waals surface area contributed by atoms with Crippen molar-refractivity contribution in [3.8, 4) is 0 Å². The highest BCUT2D eigenvalue weighted by molar-refractivity contribution is 9.10. The van der Waals surface area contributed by atoms with Crippen LogP contribution in [0.4, 0.5) is 11.4 Å². The van der Waals surface area contributed by atoms with Crippen LogP contribution in [-0.2, 0) is 0 Å². The Morgan fingerprint density at radius 2 is 2.20 bits per heavy atom. The molecular weight excluding hydrogens is 320 g/mol. The average molecular weight is 337 g/mol. The topological polar surface area (TPSA) is 55.2 Å². The van der Waals surface area contributed by atoms with Gasteiger partial charge < -0.3 is 5.32 Å². The van der Waals surface area contributed by atoms with Crippen LogP contribution in [-0.4, -0.2) is 11.0 Å². The molecule has 0 saturated heterocycles. The summed E-state index contributed by atoms with van der Waals surface area (Å²) in [6.45, 7) is 2.20. The molecule has 0 radical (unpaired) electrons. The predicted molar refractivity (Wildman–Crippen MR) is 82.7 cm³/mol. The summed E-state index contributed by atoms with van der Waals surface area (Å²) in [5, 5.41) is 14.2. The van der Waals surface area contributed by atoms with Gasteiger partial charge in [-0.2, -0.15) is 0 Å². The van der Waals surface area contributed by atoms with Crippen molar-refractivity contribution < 1.29 is 4.92 Å². The van der Waals surface area contributed by atoms with Crippen LogP contribution in [0.15, 0.2) is 34.8 Å². The molecule has 0 spiro atoms. The largest absolute Gasteiger partial charge is 0.381 e. The van der Waals surface area contributed by atoms with Gasteiger partial charge in [0, 0.05) is 28.3 Å². The van der Waals surface area contributed by atoms with Crippen molar-refractivity contribution in [2.75, 3.05) is 5.32 Å². The third-order valence-electron chi connectivity index (χ3n) is 4.52. The second-order valence-corrected chi connectivity index (χ2v) is 6.65. The summed E-state index contributed by atoms with van der Waals surface area (Å²) >= 11 is 3.41. The van der Waals surface area contributed by atoms with E-state index in [9.17, 15) is 10.1 Å². The first-order valence-electron chi connectivity index (χ1n) is 6.93. The highest BCUT2D eigenvalue weighted by atomic mass is 79.9. The monoisotopic (exact) mass is 336 g/mol. The van der Waals surface area contributed by atoms with E-state index >= 15 is 0 Å². The predicted octanol–water partition coefficient (Wildman–Crippen LogP) is 4.37. The van der Waals surface area contributed by atoms with Crippen molar-refractivity contribution in [2.45, 2.75) is 25.8 Å². The van der Waals surface area contributed by atoms with E-state index in [0.717, 1.165) is 16.1 Å². The Bertz CT molecular complexity index is 573. The fraction of sp³-hybridized carbons (Fsp3) is 0.467. The first-order valence-corrected chi connectivity index (χ1v) is 7.72. The average Bonchev–Trinajstić information content (AvgIpc) is 3.03. The Morgan fingerprint density at radius 1 is 1.40 bits per heavy atom. The van der Waals surface area contributed by atoms with E-state index in [1.54, 1.807) is 18.2 Å². The van der Waals surface area contributed by atoms with E-state index < -0.39 is 0 Å². The fourth-order valence-electron chi connectivity index (χ4n) is 3.49. The van der Waals surface area contributed by atoms with Crippen molar-refractivity contribution in [3.05, 3.63) is 44.9 Å². The van der Waals surface area contributed by atoms with Gasteiger partial charge in [0.2, 0.25) is 0 Å². The van der Waals surface area contributed by atoms with Gasteiger partial charge in [0.1, 0.15) is 0 Å². The van der Waals surface area contributed by atoms with Crippen molar-refractivity contribution in [1.82, 2.24) is 0 Å². The molecule has 0 amide bonds. The minimum absolute atomic E-state index is 0.109. The lowest BCUT2D eigenvalue weighted by Crippen LogP contribution is -2.28. The van der Waals surface area contributed by atoms with E-state index in [1.165, 1.54) is 12.8 Å². The van der Waals surface area contributed by atoms with Gasteiger partial charge in [0.15, 0.2) is 0 Å². The van der Waals surface area contributed by atoms with Crippen LogP contribution in [0.1, 0.15) is 19.8 Å². The number of nitrogens with one attached hydrogen (secondary N) is 1. The van der Waals surface area contributed by atoms with E-state index in [4.69, 9.17) is 0 Å². The lowest BCUT2D eigenvalue weighted by molar-refractivity contribution is -0.384. The maximum Gasteiger partial charge on any atom is 0.270 e. The van der Waals surface area contributed by atoms with E-state index in [1.807, 2.05) is 0 Å². The van der Waals surface area contributed by atoms with Gasteiger partial charge in [0.25, 0.3) is 5.69 Å². The first kappa shape index (κ1) is 13.6. The van der Waals surface area contributed by atoms with Crippen LogP contribution < -0.4 is 5.32 Å². The number of rotatable bonds is 4. The third-order valence-corrected chi connectivity index (χ3v) is 5.18. The summed E-state index contributed by atoms with van der Waals surface area (Å²) in [5.41, 5.74) is 1.03. The van der Waals surface area contributed by atoms with E-state index in [0.29, 0.717) is 17.9 Å². The van der Waals surface area contributed by atoms with Crippen molar-refractivity contribution in [1.29, 1.82) is 0 Å². The summed E-state index contributed by atoms with van der Waals surface area (Å²) in [4.78, 5) is 10.4. The van der Waals surface area contributed by atoms with Gasteiger partial charge in [-0.1, -0.05) is 12.2 Å². The Labute approximate surface area is 126 Å². The summed E-state index contributed by atoms with van der Waals surface area (Å²) in [6, 6.07) is 5.24. The second kappa shape index (κ2) is 5.20. The number of halogens is 1. The molecule has 20 heavy (non-hydrogen) atoms. The normalized spacial score (nSPS) is 28.6. The number of nitrogens with zero attached hydrogens (tertiary/aromatic N) is 1. The van der Waals surface area contributed by atoms with Crippen LogP contribution in [0.3, 0.4) is 0 Å². The van der Waals surface area contributed by atoms with Gasteiger partial charge >= 0.3 is 0 Å². The molecule has 106 valence electrons. The number of nitro groups is 1. The molecule has 2 bridgehead atoms. The molecule has 1 aromatic rings. The minimum Gasteiger partial charge on any atom is -0.381 e. The Kier molecular flexibility index (Phi) is 3.54. The van der Waals surface area contributed by atoms with Crippen molar-refractivity contribution >= 4 is 27.3 Å². The Hall–Kier alpha value is -1.36. The fourth-order valence-corrected chi connectivity index (χ4v) is 3.97. The molecule has 4 nitrogen and oxygen atoms in total. The maximum atomic E-state index is 10.7. The molecule has 5 heteroatoms. The number of fused-ring (bicyclic) bond motifs is 2. The van der Waals surface area contributed by atoms with Crippen molar-refractivity contribution in [3.63, 3.8) is 0 Å². The number of nitro benzene ring substituents is 1. The van der Waals surface area contributed by atoms with Crippen LogP contribution in [0.2, 0.25) is 0 Å². The molecular formula is C15H17BrN2O2. The zero-order chi connectivity index (χ0) is 14.3. The number of hydrogen-bond acceptors (Lipinski definition) is 3. The van der Waals surface area contributed by atoms with Gasteiger partial charge in [-0.05, 0) is 59.5 Å². The van der Waals surface area contributed by atoms with Crippen LogP contribution >= 0.6 is 15.9 Å². The van der Waals surface area contributed by atoms with Gasteiger partial charge in [-0.25, -0.2) is 0 Å². The zero-order valence-electron chi connectivity index (χ0n) is 11.3. The lowest BCUT2D eigenvalue weighted by atomic mass is 9.87. The minimum atomic E-state index is -0.376. The third kappa shape index (κ3) is 2.46. The lowest BCUT2D eigenvalue weighted by Gasteiger charge is -2.27. The number of allylic oxidation sites excluding steroid dienone is 2. The zero-order valence-corrected chi connectivity index (χ0v) is 12.8. The standard InChI is InChI=1S/C15H17BrN2O2/c1-9(13-7-10-2-3-11(13)6-10)17-15-5-4-12(18(19)20)8-14(15)16/h2-5,8-11,13,17H,6-7H2,1H3. The van der Waals surface area contributed by atoms with Crippen LogP contribution in [0.5, 0.6) is 0 Å². The SMILES string of the molecule is CC(Nc1ccc([N+](=O)[O-])cc1Br)C1CC2C=CC1C2. The second-order valence-electron chi connectivity index (χ2n) is 5.80. The van der Waals surface area contributed by atoms with Crippen molar-refractivity contribution in [2.24, 2.45) is 17.8 Å². The van der Waals surface area contributed by atoms with E-state index in [2.05, 4.69) is 40.3 Å². The number of anilines is 1. The molecule has 1 aromatic carbocycles. The van der Waals surface area contributed by atoms with Crippen LogP contribution in [0, 0.1) is 27.9 Å². The van der Waals surface area contributed by atoms with Gasteiger partial charge in [-0.15, -0.1) is 0 Å². The molecule has 2 aliphatic rings. The van der Waals surface area contributed by atoms with E-state index in [-0.39, 0.29) is 10.6 Å². The molecule has 0 aliphatic heterocycles. The summed E-state index contributed by atoms with van der Waals surface area (Å²) in [5.74, 6) is 2.11. The quantitative estimate of drug-likeness (QED) is 0.504. The number of hydrogen-bond donors (Lipinski definition) is 1. The maximum absolute atomic E-state index is 10.7. The smallest absolute Gasteiger partial charge is 0.270 e. The highest BCUT2D eigenvalue weighted by Gasteiger charge is 2.38. The molecule has 4 atom stereocenters. The molecule has 1 saturated carbocycles. The first-order chi connectivity index (χ1) is 9.54. The molecule has 0 aromatic heterocycles. The Balaban J connectivity index is 1.71. The highest BCUT2D eigenvalue weighted by Crippen LogP contribution is 2.45. The molecule has 1 N–H and O–H groups in total. The molecule has 1 fully saturated rings.